The van der Waals surface area contributed by atoms with Gasteiger partial charge >= 0.3 is 0 Å². The summed E-state index contributed by atoms with van der Waals surface area (Å²) in [6.07, 6.45) is 7.13. The van der Waals surface area contributed by atoms with Crippen LogP contribution in [0.15, 0.2) is 0 Å². The molecular weight excluding hydrogens is 252 g/mol. The molecule has 2 saturated heterocycles. The first-order valence-electron chi connectivity index (χ1n) is 8.32. The molecule has 4 nitrogen and oxygen atoms in total. The van der Waals surface area contributed by atoms with Crippen molar-refractivity contribution in [3.63, 3.8) is 0 Å². The average Bonchev–Trinajstić information content (AvgIpc) is 3.23. The first kappa shape index (κ1) is 14.3. The van der Waals surface area contributed by atoms with Crippen LogP contribution < -0.4 is 0 Å². The topological polar surface area (TPSA) is 43.8 Å². The highest BCUT2D eigenvalue weighted by Gasteiger charge is 2.52. The number of carbonyl (C=O) groups excluding carboxylic acids is 1. The monoisotopic (exact) mass is 280 g/mol. The van der Waals surface area contributed by atoms with Gasteiger partial charge in [-0.1, -0.05) is 19.8 Å². The fraction of sp³-hybridized carbons (Fsp3) is 0.938. The summed E-state index contributed by atoms with van der Waals surface area (Å²) in [6, 6.07) is 0. The second-order valence-electron chi connectivity index (χ2n) is 7.13. The standard InChI is InChI=1S/C16H28N2O2/c1-13-10-17(12-16(13,20)14-6-7-14)11-15(19)18-8-4-2-3-5-9-18/h13-14,20H,2-12H2,1H3/t13-,16+/m1/s1. The molecular formula is C16H28N2O2. The van der Waals surface area contributed by atoms with Gasteiger partial charge in [0.15, 0.2) is 0 Å². The molecule has 0 unspecified atom stereocenters. The smallest absolute Gasteiger partial charge is 0.236 e. The third-order valence-corrected chi connectivity index (χ3v) is 5.46. The van der Waals surface area contributed by atoms with Gasteiger partial charge in [0.25, 0.3) is 0 Å². The second-order valence-corrected chi connectivity index (χ2v) is 7.13. The van der Waals surface area contributed by atoms with E-state index in [1.807, 2.05) is 4.90 Å². The molecule has 4 heteroatoms. The van der Waals surface area contributed by atoms with Gasteiger partial charge in [0.05, 0.1) is 12.1 Å². The van der Waals surface area contributed by atoms with Crippen molar-refractivity contribution >= 4 is 5.91 Å². The molecule has 1 aliphatic carbocycles. The summed E-state index contributed by atoms with van der Waals surface area (Å²) in [5, 5.41) is 10.8. The Balaban J connectivity index is 1.54. The van der Waals surface area contributed by atoms with Gasteiger partial charge in [-0.05, 0) is 37.5 Å². The molecule has 20 heavy (non-hydrogen) atoms. The molecule has 0 spiro atoms. The lowest BCUT2D eigenvalue weighted by Crippen LogP contribution is -2.43. The van der Waals surface area contributed by atoms with E-state index in [9.17, 15) is 9.90 Å². The van der Waals surface area contributed by atoms with E-state index >= 15 is 0 Å². The van der Waals surface area contributed by atoms with E-state index in [-0.39, 0.29) is 5.91 Å². The molecule has 2 aliphatic heterocycles. The molecule has 0 aromatic carbocycles. The number of nitrogens with zero attached hydrogens (tertiary/aromatic N) is 2. The van der Waals surface area contributed by atoms with Crippen molar-refractivity contribution in [3.8, 4) is 0 Å². The van der Waals surface area contributed by atoms with Crippen molar-refractivity contribution in [2.45, 2.75) is 51.0 Å². The fourth-order valence-electron chi connectivity index (χ4n) is 3.97. The van der Waals surface area contributed by atoms with Gasteiger partial charge in [-0.2, -0.15) is 0 Å². The van der Waals surface area contributed by atoms with Gasteiger partial charge < -0.3 is 10.0 Å². The molecule has 0 aromatic heterocycles. The number of rotatable bonds is 3. The van der Waals surface area contributed by atoms with Crippen molar-refractivity contribution in [1.29, 1.82) is 0 Å². The lowest BCUT2D eigenvalue weighted by atomic mass is 9.88. The summed E-state index contributed by atoms with van der Waals surface area (Å²) >= 11 is 0. The Hall–Kier alpha value is -0.610. The molecule has 2 heterocycles. The minimum atomic E-state index is -0.529. The molecule has 3 aliphatic rings. The highest BCUT2D eigenvalue weighted by molar-refractivity contribution is 5.78. The van der Waals surface area contributed by atoms with Gasteiger partial charge in [-0.25, -0.2) is 0 Å². The van der Waals surface area contributed by atoms with E-state index in [1.165, 1.54) is 12.8 Å². The number of carbonyl (C=O) groups is 1. The van der Waals surface area contributed by atoms with Crippen LogP contribution in [0.3, 0.4) is 0 Å². The first-order valence-corrected chi connectivity index (χ1v) is 8.32. The maximum atomic E-state index is 12.4. The third-order valence-electron chi connectivity index (χ3n) is 5.46. The Morgan fingerprint density at radius 2 is 1.85 bits per heavy atom. The van der Waals surface area contributed by atoms with Crippen LogP contribution in [-0.2, 0) is 4.79 Å². The summed E-state index contributed by atoms with van der Waals surface area (Å²) in [4.78, 5) is 16.6. The predicted octanol–water partition coefficient (Wildman–Crippen LogP) is 1.48. The highest BCUT2D eigenvalue weighted by atomic mass is 16.3. The summed E-state index contributed by atoms with van der Waals surface area (Å²) in [5.41, 5.74) is -0.529. The number of aliphatic hydroxyl groups is 1. The van der Waals surface area contributed by atoms with E-state index in [2.05, 4.69) is 11.8 Å². The van der Waals surface area contributed by atoms with Crippen LogP contribution >= 0.6 is 0 Å². The van der Waals surface area contributed by atoms with E-state index in [0.29, 0.717) is 24.9 Å². The van der Waals surface area contributed by atoms with Crippen LogP contribution in [0.5, 0.6) is 0 Å². The lowest BCUT2D eigenvalue weighted by Gasteiger charge is -2.27. The Morgan fingerprint density at radius 3 is 2.45 bits per heavy atom. The third kappa shape index (κ3) is 2.86. The number of hydrogen-bond donors (Lipinski definition) is 1. The van der Waals surface area contributed by atoms with Crippen molar-refractivity contribution in [3.05, 3.63) is 0 Å². The summed E-state index contributed by atoms with van der Waals surface area (Å²) in [7, 11) is 0. The molecule has 0 bridgehead atoms. The van der Waals surface area contributed by atoms with Crippen LogP contribution in [0.4, 0.5) is 0 Å². The molecule has 1 amide bonds. The second kappa shape index (κ2) is 5.64. The number of hydrogen-bond acceptors (Lipinski definition) is 3. The number of likely N-dealkylation sites (tertiary alicyclic amines) is 2. The zero-order chi connectivity index (χ0) is 14.2. The predicted molar refractivity (Wildman–Crippen MR) is 78.3 cm³/mol. The zero-order valence-electron chi connectivity index (χ0n) is 12.7. The molecule has 1 saturated carbocycles. The molecule has 1 N–H and O–H groups in total. The van der Waals surface area contributed by atoms with Crippen molar-refractivity contribution in [2.75, 3.05) is 32.7 Å². The number of amides is 1. The highest BCUT2D eigenvalue weighted by Crippen LogP contribution is 2.46. The zero-order valence-corrected chi connectivity index (χ0v) is 12.7. The SMILES string of the molecule is C[C@@H]1CN(CC(=O)N2CCCCCC2)C[C@@]1(O)C1CC1. The van der Waals surface area contributed by atoms with Crippen LogP contribution in [-0.4, -0.2) is 59.1 Å². The van der Waals surface area contributed by atoms with Crippen molar-refractivity contribution in [1.82, 2.24) is 9.80 Å². The van der Waals surface area contributed by atoms with E-state index < -0.39 is 5.60 Å². The molecule has 0 radical (unpaired) electrons. The van der Waals surface area contributed by atoms with Crippen LogP contribution in [0.1, 0.15) is 45.4 Å². The van der Waals surface area contributed by atoms with Crippen molar-refractivity contribution in [2.24, 2.45) is 11.8 Å². The van der Waals surface area contributed by atoms with Gasteiger partial charge in [-0.15, -0.1) is 0 Å². The molecule has 3 rings (SSSR count). The van der Waals surface area contributed by atoms with Crippen LogP contribution in [0.25, 0.3) is 0 Å². The average molecular weight is 280 g/mol. The normalized spacial score (nSPS) is 36.1. The van der Waals surface area contributed by atoms with Gasteiger partial charge in [0.1, 0.15) is 0 Å². The Kier molecular flexibility index (Phi) is 4.04. The van der Waals surface area contributed by atoms with E-state index in [0.717, 1.165) is 45.3 Å². The molecule has 0 aromatic rings. The quantitative estimate of drug-likeness (QED) is 0.851. The molecule has 2 atom stereocenters. The Morgan fingerprint density at radius 1 is 1.20 bits per heavy atom. The van der Waals surface area contributed by atoms with Crippen LogP contribution in [0.2, 0.25) is 0 Å². The Labute approximate surface area is 122 Å². The first-order chi connectivity index (χ1) is 9.59. The fourth-order valence-corrected chi connectivity index (χ4v) is 3.97. The van der Waals surface area contributed by atoms with Gasteiger partial charge in [0.2, 0.25) is 5.91 Å². The van der Waals surface area contributed by atoms with E-state index in [1.54, 1.807) is 0 Å². The minimum Gasteiger partial charge on any atom is -0.388 e. The maximum absolute atomic E-state index is 12.4. The maximum Gasteiger partial charge on any atom is 0.236 e. The minimum absolute atomic E-state index is 0.263. The summed E-state index contributed by atoms with van der Waals surface area (Å²) < 4.78 is 0. The molecule has 3 fully saturated rings. The number of β-amino-alcohol motifs (C(OH)–C–C–N with tert-alkyl or cyclic N) is 1. The van der Waals surface area contributed by atoms with Gasteiger partial charge in [-0.3, -0.25) is 9.69 Å². The largest absolute Gasteiger partial charge is 0.388 e. The van der Waals surface area contributed by atoms with Crippen LogP contribution in [0, 0.1) is 11.8 Å². The van der Waals surface area contributed by atoms with E-state index in [4.69, 9.17) is 0 Å². The summed E-state index contributed by atoms with van der Waals surface area (Å²) in [5.74, 6) is 1.04. The Bertz CT molecular complexity index is 361. The lowest BCUT2D eigenvalue weighted by molar-refractivity contribution is -0.132. The van der Waals surface area contributed by atoms with Gasteiger partial charge in [0, 0.05) is 26.2 Å². The molecule has 114 valence electrons. The summed E-state index contributed by atoms with van der Waals surface area (Å²) in [6.45, 7) is 6.04. The van der Waals surface area contributed by atoms with Crippen molar-refractivity contribution < 1.29 is 9.90 Å².